The summed E-state index contributed by atoms with van der Waals surface area (Å²) in [7, 11) is 0.709. The molecule has 1 atom stereocenters. The second-order valence-corrected chi connectivity index (χ2v) is 9.03. The van der Waals surface area contributed by atoms with E-state index in [9.17, 15) is 0 Å². The van der Waals surface area contributed by atoms with Gasteiger partial charge in [0.25, 0.3) is 0 Å². The monoisotopic (exact) mass is 512 g/mol. The summed E-state index contributed by atoms with van der Waals surface area (Å²) in [4.78, 5) is 0. The number of halogens is 3. The van der Waals surface area contributed by atoms with Crippen molar-refractivity contribution in [3.63, 3.8) is 0 Å². The average Bonchev–Trinajstić information content (AvgIpc) is 3.00. The maximum absolute atomic E-state index is 3.90. The van der Waals surface area contributed by atoms with Crippen molar-refractivity contribution in [2.75, 3.05) is 0 Å². The van der Waals surface area contributed by atoms with Gasteiger partial charge in [0.05, 0.1) is 9.52 Å². The molecule has 0 amide bonds. The fourth-order valence-corrected chi connectivity index (χ4v) is 5.71. The van der Waals surface area contributed by atoms with Gasteiger partial charge in [0.15, 0.2) is 0 Å². The van der Waals surface area contributed by atoms with Crippen LogP contribution in [0.5, 0.6) is 0 Å². The maximum atomic E-state index is 3.90. The van der Waals surface area contributed by atoms with Crippen LogP contribution in [0.15, 0.2) is 24.3 Å². The zero-order valence-corrected chi connectivity index (χ0v) is 23.7. The minimum atomic E-state index is 0. The summed E-state index contributed by atoms with van der Waals surface area (Å²) >= 11 is 0. The number of allylic oxidation sites excluding steroid dienone is 1. The summed E-state index contributed by atoms with van der Waals surface area (Å²) in [6.45, 7) is 13.7. The summed E-state index contributed by atoms with van der Waals surface area (Å²) in [6.07, 6.45) is 9.06. The van der Waals surface area contributed by atoms with E-state index in [0.29, 0.717) is 15.4 Å². The van der Waals surface area contributed by atoms with Gasteiger partial charge < -0.3 is 37.2 Å². The van der Waals surface area contributed by atoms with Gasteiger partial charge in [-0.05, 0) is 62.4 Å². The van der Waals surface area contributed by atoms with E-state index in [4.69, 9.17) is 0 Å². The van der Waals surface area contributed by atoms with Crippen LogP contribution < -0.4 is 42.4 Å². The molecule has 0 heterocycles. The quantitative estimate of drug-likeness (QED) is 0.221. The number of fused-ring (bicyclic) bond motifs is 1. The van der Waals surface area contributed by atoms with Crippen molar-refractivity contribution in [3.8, 4) is 0 Å². The molecule has 2 aromatic carbocycles. The molecule has 0 aromatic heterocycles. The van der Waals surface area contributed by atoms with Crippen LogP contribution in [0.25, 0.3) is 5.20 Å². The molecule has 0 bridgehead atoms. The van der Waals surface area contributed by atoms with Crippen molar-refractivity contribution < 1.29 is 58.9 Å². The first-order chi connectivity index (χ1) is 12.5. The summed E-state index contributed by atoms with van der Waals surface area (Å²) < 4.78 is 0. The molecule has 0 nitrogen and oxygen atoms in total. The number of unbranched alkanes of at least 4 members (excludes halogenated alkanes) is 2. The summed E-state index contributed by atoms with van der Waals surface area (Å²) in [5.74, 6) is 0.494. The Balaban J connectivity index is 0. The van der Waals surface area contributed by atoms with Crippen LogP contribution in [0.3, 0.4) is 0 Å². The van der Waals surface area contributed by atoms with Crippen molar-refractivity contribution in [2.24, 2.45) is 0 Å². The third-order valence-electron chi connectivity index (χ3n) is 6.27. The van der Waals surface area contributed by atoms with Gasteiger partial charge in [-0.15, -0.1) is 11.6 Å². The molecule has 3 rings (SSSR count). The van der Waals surface area contributed by atoms with Gasteiger partial charge in [-0.1, -0.05) is 61.9 Å². The molecule has 1 aliphatic rings. The molecule has 2 aromatic rings. The molecule has 0 aliphatic heterocycles. The molecule has 0 N–H and O–H groups in total. The number of hydrogen-bond donors (Lipinski definition) is 0. The predicted octanol–water partition coefficient (Wildman–Crippen LogP) is -2.91. The van der Waals surface area contributed by atoms with Gasteiger partial charge in [0.2, 0.25) is 0 Å². The molecular formula is C25H31Cl3SiTi. The second-order valence-electron chi connectivity index (χ2n) is 7.78. The second kappa shape index (κ2) is 14.2. The van der Waals surface area contributed by atoms with Gasteiger partial charge in [0.1, 0.15) is 0 Å². The summed E-state index contributed by atoms with van der Waals surface area (Å²) in [5.41, 5.74) is 10.3. The first-order valence-corrected chi connectivity index (χ1v) is 11.0. The van der Waals surface area contributed by atoms with Crippen molar-refractivity contribution in [1.29, 1.82) is 0 Å². The zero-order valence-electron chi connectivity index (χ0n) is 18.8. The summed E-state index contributed by atoms with van der Waals surface area (Å²) in [5, 5.41) is 2.98. The molecule has 0 saturated carbocycles. The first-order valence-electron chi connectivity index (χ1n) is 10.0. The Hall–Kier alpha value is -0.0188. The third-order valence-corrected chi connectivity index (χ3v) is 7.93. The van der Waals surface area contributed by atoms with Crippen LogP contribution in [-0.4, -0.2) is 9.52 Å². The van der Waals surface area contributed by atoms with Gasteiger partial charge >= 0.3 is 21.7 Å². The number of rotatable bonds is 6. The predicted molar refractivity (Wildman–Crippen MR) is 115 cm³/mol. The molecule has 30 heavy (non-hydrogen) atoms. The van der Waals surface area contributed by atoms with E-state index in [2.05, 4.69) is 71.9 Å². The molecule has 1 unspecified atom stereocenters. The van der Waals surface area contributed by atoms with Gasteiger partial charge in [0, 0.05) is 0 Å². The fourth-order valence-electron chi connectivity index (χ4n) is 4.10. The SMILES string of the molecule is CCCCCC1[C-]=C([Si]c2c(C)c(C)c(C)c(C)c2C)c2ccccc21.[Cl-].[Cl-].[Cl-].[Ti+4]. The normalized spacial score (nSPS) is 13.8. The Morgan fingerprint density at radius 2 is 1.33 bits per heavy atom. The standard InChI is InChI=1S/C25H31Si.3ClH.Ti/c1-7-8-9-12-21-15-24(23-14-11-10-13-22(21)23)26-25-19(5)17(3)16(2)18(4)20(25)6;;;;/h10-11,13-14,21H,7-9,12H2,1-6H3;3*1H;/q-1;;;;+4/p-3. The van der Waals surface area contributed by atoms with Crippen molar-refractivity contribution >= 4 is 19.9 Å². The zero-order chi connectivity index (χ0) is 18.8. The molecule has 0 saturated heterocycles. The van der Waals surface area contributed by atoms with Gasteiger partial charge in [-0.25, -0.2) is 5.20 Å². The minimum Gasteiger partial charge on any atom is -1.00 e. The van der Waals surface area contributed by atoms with Crippen LogP contribution in [0.4, 0.5) is 0 Å². The van der Waals surface area contributed by atoms with Crippen LogP contribution in [0.2, 0.25) is 0 Å². The molecule has 2 radical (unpaired) electrons. The van der Waals surface area contributed by atoms with Crippen LogP contribution in [0, 0.1) is 40.7 Å². The fraction of sp³-hybridized carbons (Fsp3) is 0.440. The van der Waals surface area contributed by atoms with Crippen LogP contribution in [0.1, 0.15) is 77.5 Å². The minimum absolute atomic E-state index is 0. The number of hydrogen-bond acceptors (Lipinski definition) is 0. The smallest absolute Gasteiger partial charge is 1.00 e. The van der Waals surface area contributed by atoms with E-state index in [-0.39, 0.29) is 58.9 Å². The molecular weight excluding hydrogens is 483 g/mol. The van der Waals surface area contributed by atoms with E-state index < -0.39 is 0 Å². The average molecular weight is 514 g/mol. The summed E-state index contributed by atoms with van der Waals surface area (Å²) in [6, 6.07) is 9.01. The van der Waals surface area contributed by atoms with E-state index in [0.717, 1.165) is 0 Å². The Morgan fingerprint density at radius 1 is 0.800 bits per heavy atom. The number of benzene rings is 2. The Bertz CT molecular complexity index is 833. The van der Waals surface area contributed by atoms with Gasteiger partial charge in [-0.3, -0.25) is 6.08 Å². The third kappa shape index (κ3) is 6.50. The van der Waals surface area contributed by atoms with Crippen molar-refractivity contribution in [1.82, 2.24) is 0 Å². The topological polar surface area (TPSA) is 0 Å². The van der Waals surface area contributed by atoms with Crippen molar-refractivity contribution in [3.05, 3.63) is 69.3 Å². The maximum Gasteiger partial charge on any atom is 4.00 e. The molecule has 160 valence electrons. The molecule has 0 spiro atoms. The molecule has 5 heteroatoms. The van der Waals surface area contributed by atoms with E-state index in [1.54, 1.807) is 0 Å². The largest absolute Gasteiger partial charge is 4.00 e. The van der Waals surface area contributed by atoms with Gasteiger partial charge in [-0.2, -0.15) is 5.56 Å². The molecule has 0 fully saturated rings. The molecule has 1 aliphatic carbocycles. The Labute approximate surface area is 220 Å². The van der Waals surface area contributed by atoms with Crippen LogP contribution >= 0.6 is 0 Å². The van der Waals surface area contributed by atoms with E-state index >= 15 is 0 Å². The van der Waals surface area contributed by atoms with Crippen molar-refractivity contribution in [2.45, 2.75) is 73.1 Å². The van der Waals surface area contributed by atoms with Crippen LogP contribution in [-0.2, 0) is 21.7 Å². The Kier molecular flexibility index (Phi) is 15.2. The Morgan fingerprint density at radius 3 is 1.90 bits per heavy atom. The first kappa shape index (κ1) is 32.2. The van der Waals surface area contributed by atoms with E-state index in [1.807, 2.05) is 0 Å². The van der Waals surface area contributed by atoms with E-state index in [1.165, 1.54) is 75.0 Å².